The smallest absolute Gasteiger partial charge is 0.117 e. The number of anilines is 3. The molecule has 0 spiro atoms. The maximum atomic E-state index is 10.5. The zero-order valence-electron chi connectivity index (χ0n) is 23.5. The van der Waals surface area contributed by atoms with Crippen LogP contribution >= 0.6 is 11.6 Å². The molecule has 0 amide bonds. The lowest BCUT2D eigenvalue weighted by Gasteiger charge is -2.26. The summed E-state index contributed by atoms with van der Waals surface area (Å²) in [5.74, 6) is 7.21. The predicted molar refractivity (Wildman–Crippen MR) is 173 cm³/mol. The number of hydrazine groups is 1. The Hall–Kier alpha value is -4.32. The Labute approximate surface area is 247 Å². The van der Waals surface area contributed by atoms with Gasteiger partial charge in [0.15, 0.2) is 0 Å². The fourth-order valence-electron chi connectivity index (χ4n) is 4.90. The van der Waals surface area contributed by atoms with Gasteiger partial charge in [0, 0.05) is 34.0 Å². The highest BCUT2D eigenvalue weighted by molar-refractivity contribution is 6.30. The molecular formula is C35H35ClN4O. The van der Waals surface area contributed by atoms with Gasteiger partial charge in [-0.05, 0) is 86.7 Å². The van der Waals surface area contributed by atoms with Crippen molar-refractivity contribution >= 4 is 45.7 Å². The van der Waals surface area contributed by atoms with E-state index in [0.717, 1.165) is 46.2 Å². The van der Waals surface area contributed by atoms with Gasteiger partial charge in [-0.1, -0.05) is 66.7 Å². The number of rotatable bonds is 10. The predicted octanol–water partition coefficient (Wildman–Crippen LogP) is 8.92. The van der Waals surface area contributed by atoms with Crippen LogP contribution in [0.5, 0.6) is 0 Å². The number of aryl methyl sites for hydroxylation is 1. The molecule has 1 aliphatic carbocycles. The second-order valence-corrected chi connectivity index (χ2v) is 10.9. The van der Waals surface area contributed by atoms with E-state index in [1.54, 1.807) is 0 Å². The highest BCUT2D eigenvalue weighted by Crippen LogP contribution is 2.36. The van der Waals surface area contributed by atoms with Crippen molar-refractivity contribution in [2.45, 2.75) is 26.7 Å². The molecule has 5 nitrogen and oxygen atoms in total. The summed E-state index contributed by atoms with van der Waals surface area (Å²) in [6.45, 7) is 13.1. The first kappa shape index (κ1) is 28.2. The Kier molecular flexibility index (Phi) is 8.29. The Bertz CT molecular complexity index is 1600. The molecule has 6 heteroatoms. The number of benzene rings is 3. The van der Waals surface area contributed by atoms with Crippen molar-refractivity contribution in [3.05, 3.63) is 137 Å². The number of nitrogens with two attached hydrogens (primary N) is 1. The van der Waals surface area contributed by atoms with E-state index in [2.05, 4.69) is 55.3 Å². The fourth-order valence-corrected chi connectivity index (χ4v) is 5.09. The first-order valence-corrected chi connectivity index (χ1v) is 14.1. The van der Waals surface area contributed by atoms with Gasteiger partial charge in [-0.3, -0.25) is 9.99 Å². The highest BCUT2D eigenvalue weighted by Gasteiger charge is 2.25. The summed E-state index contributed by atoms with van der Waals surface area (Å²) in [7, 11) is 0. The van der Waals surface area contributed by atoms with Crippen LogP contribution in [0, 0.1) is 12.8 Å². The van der Waals surface area contributed by atoms with E-state index in [1.165, 1.54) is 29.1 Å². The highest BCUT2D eigenvalue weighted by atomic mass is 35.5. The van der Waals surface area contributed by atoms with E-state index in [1.807, 2.05) is 67.7 Å². The number of hydrogen-bond donors (Lipinski definition) is 2. The van der Waals surface area contributed by atoms with Gasteiger partial charge in [-0.2, -0.15) is 0 Å². The number of nitrogens with zero attached hydrogens (tertiary/aromatic N) is 3. The van der Waals surface area contributed by atoms with Crippen molar-refractivity contribution in [1.82, 2.24) is 4.98 Å². The molecule has 1 aromatic heterocycles. The number of halogens is 1. The van der Waals surface area contributed by atoms with E-state index in [9.17, 15) is 5.11 Å². The standard InChI is InChI=1S/C35H35ClN4O/c1-5-34(28-7-6-8-29(36)19-28)40(37)35-18-13-27(20-32(35)25(4)41)24(3)33-17-16-31(21-38-33)39(22-26-11-12-26)30-14-9-23(2)10-15-30/h5-10,13-21,26,41H,3-4,11-12,22,37H2,1-2H3/b34-5-. The van der Waals surface area contributed by atoms with Crippen molar-refractivity contribution in [1.29, 1.82) is 0 Å². The minimum Gasteiger partial charge on any atom is -0.508 e. The quantitative estimate of drug-likeness (QED) is 0.115. The molecule has 0 unspecified atom stereocenters. The zero-order valence-corrected chi connectivity index (χ0v) is 24.3. The lowest BCUT2D eigenvalue weighted by atomic mass is 9.99. The van der Waals surface area contributed by atoms with Crippen molar-refractivity contribution in [2.24, 2.45) is 11.8 Å². The fraction of sp³-hybridized carbons (Fsp3) is 0.171. The Morgan fingerprint density at radius 2 is 1.73 bits per heavy atom. The normalized spacial score (nSPS) is 13.1. The van der Waals surface area contributed by atoms with Crippen LogP contribution in [0.25, 0.3) is 17.0 Å². The maximum absolute atomic E-state index is 10.5. The third-order valence-corrected chi connectivity index (χ3v) is 7.66. The summed E-state index contributed by atoms with van der Waals surface area (Å²) in [6.07, 6.45) is 6.35. The van der Waals surface area contributed by atoms with Crippen molar-refractivity contribution < 1.29 is 5.11 Å². The number of hydrogen-bond acceptors (Lipinski definition) is 5. The van der Waals surface area contributed by atoms with Crippen molar-refractivity contribution in [3.8, 4) is 0 Å². The average molecular weight is 563 g/mol. The molecule has 3 aromatic carbocycles. The topological polar surface area (TPSA) is 65.6 Å². The summed E-state index contributed by atoms with van der Waals surface area (Å²) in [5, 5.41) is 12.7. The summed E-state index contributed by atoms with van der Waals surface area (Å²) >= 11 is 6.22. The van der Waals surface area contributed by atoms with Gasteiger partial charge in [0.2, 0.25) is 0 Å². The molecule has 1 saturated carbocycles. The Morgan fingerprint density at radius 3 is 2.34 bits per heavy atom. The molecule has 4 aromatic rings. The Morgan fingerprint density at radius 1 is 1.00 bits per heavy atom. The van der Waals surface area contributed by atoms with E-state index >= 15 is 0 Å². The number of pyridine rings is 1. The molecule has 1 fully saturated rings. The molecule has 1 aliphatic rings. The van der Waals surface area contributed by atoms with Gasteiger partial charge < -0.3 is 10.0 Å². The molecule has 41 heavy (non-hydrogen) atoms. The Balaban J connectivity index is 1.41. The third-order valence-electron chi connectivity index (χ3n) is 7.42. The molecular weight excluding hydrogens is 528 g/mol. The summed E-state index contributed by atoms with van der Waals surface area (Å²) in [4.78, 5) is 7.13. The lowest BCUT2D eigenvalue weighted by molar-refractivity contribution is 0.514. The van der Waals surface area contributed by atoms with Gasteiger partial charge in [0.05, 0.1) is 29.0 Å². The first-order valence-electron chi connectivity index (χ1n) is 13.7. The molecule has 5 rings (SSSR count). The molecule has 1 heterocycles. The second kappa shape index (κ2) is 12.0. The molecule has 0 radical (unpaired) electrons. The molecule has 0 atom stereocenters. The average Bonchev–Trinajstić information content (AvgIpc) is 3.81. The van der Waals surface area contributed by atoms with E-state index in [0.29, 0.717) is 16.3 Å². The third kappa shape index (κ3) is 6.37. The molecule has 0 saturated heterocycles. The summed E-state index contributed by atoms with van der Waals surface area (Å²) in [5.41, 5.74) is 8.45. The SMILES string of the molecule is C=C(c1ccc(N(N)/C(=C\C)c2cccc(Cl)c2)c(C(=C)O)c1)c1ccc(N(CC2CC2)c2ccc(C)cc2)cn1. The maximum Gasteiger partial charge on any atom is 0.117 e. The molecule has 0 bridgehead atoms. The largest absolute Gasteiger partial charge is 0.508 e. The number of aliphatic hydroxyl groups is 1. The van der Waals surface area contributed by atoms with Crippen molar-refractivity contribution in [2.75, 3.05) is 16.5 Å². The number of aromatic nitrogens is 1. The lowest BCUT2D eigenvalue weighted by Crippen LogP contribution is -2.30. The zero-order chi connectivity index (χ0) is 29.1. The van der Waals surface area contributed by atoms with Crippen LogP contribution in [-0.4, -0.2) is 16.6 Å². The van der Waals surface area contributed by atoms with Gasteiger partial charge in [0.25, 0.3) is 0 Å². The first-order chi connectivity index (χ1) is 19.7. The van der Waals surface area contributed by atoms with E-state index in [-0.39, 0.29) is 5.76 Å². The minimum absolute atomic E-state index is 0.0937. The van der Waals surface area contributed by atoms with E-state index < -0.39 is 0 Å². The number of aliphatic hydroxyl groups excluding tert-OH is 1. The molecule has 0 aliphatic heterocycles. The second-order valence-electron chi connectivity index (χ2n) is 10.5. The van der Waals surface area contributed by atoms with Crippen LogP contribution in [0.2, 0.25) is 5.02 Å². The van der Waals surface area contributed by atoms with Gasteiger partial charge in [-0.15, -0.1) is 0 Å². The van der Waals surface area contributed by atoms with Crippen LogP contribution in [0.1, 0.15) is 47.7 Å². The van der Waals surface area contributed by atoms with Crippen LogP contribution in [0.3, 0.4) is 0 Å². The van der Waals surface area contributed by atoms with Crippen LogP contribution in [-0.2, 0) is 0 Å². The van der Waals surface area contributed by atoms with Gasteiger partial charge in [-0.25, -0.2) is 5.84 Å². The monoisotopic (exact) mass is 562 g/mol. The van der Waals surface area contributed by atoms with Gasteiger partial charge in [0.1, 0.15) is 5.76 Å². The summed E-state index contributed by atoms with van der Waals surface area (Å²) < 4.78 is 0. The summed E-state index contributed by atoms with van der Waals surface area (Å²) in [6, 6.07) is 25.8. The van der Waals surface area contributed by atoms with Crippen molar-refractivity contribution in [3.63, 3.8) is 0 Å². The molecule has 3 N–H and O–H groups in total. The molecule has 208 valence electrons. The van der Waals surface area contributed by atoms with Crippen LogP contribution in [0.15, 0.2) is 104 Å². The van der Waals surface area contributed by atoms with E-state index in [4.69, 9.17) is 22.4 Å². The number of allylic oxidation sites excluding steroid dienone is 1. The van der Waals surface area contributed by atoms with Crippen LogP contribution in [0.4, 0.5) is 17.1 Å². The van der Waals surface area contributed by atoms with Crippen LogP contribution < -0.4 is 15.8 Å². The van der Waals surface area contributed by atoms with Gasteiger partial charge >= 0.3 is 0 Å². The minimum atomic E-state index is -0.0937.